The van der Waals surface area contributed by atoms with Gasteiger partial charge < -0.3 is 10.0 Å². The molecule has 0 saturated carbocycles. The van der Waals surface area contributed by atoms with Crippen molar-refractivity contribution in [1.29, 1.82) is 0 Å². The average molecular weight is 242 g/mol. The number of aliphatic carboxylic acids is 1. The maximum atomic E-state index is 11.6. The quantitative estimate of drug-likeness (QED) is 0.739. The summed E-state index contributed by atoms with van der Waals surface area (Å²) in [6.07, 6.45) is 2.84. The molecule has 1 aromatic rings. The second-order valence-electron chi connectivity index (χ2n) is 2.77. The Bertz CT molecular complexity index is 379. The summed E-state index contributed by atoms with van der Waals surface area (Å²) in [6.45, 7) is 3.22. The number of nitrogens with one attached hydrogen (secondary N) is 1. The van der Waals surface area contributed by atoms with Crippen LogP contribution in [-0.2, 0) is 4.79 Å². The van der Waals surface area contributed by atoms with Gasteiger partial charge in [0.05, 0.1) is 6.20 Å². The van der Waals surface area contributed by atoms with Crippen molar-refractivity contribution in [3.05, 3.63) is 18.9 Å². The molecule has 0 aliphatic rings. The first kappa shape index (κ1) is 12.1. The molecule has 8 heteroatoms. The molecule has 1 rings (SSSR count). The predicted octanol–water partition coefficient (Wildman–Crippen LogP) is 0.643. The predicted molar refractivity (Wildman–Crippen MR) is 58.3 cm³/mol. The van der Waals surface area contributed by atoms with E-state index in [-0.39, 0.29) is 13.1 Å². The number of nitrogens with zero attached hydrogens (tertiary/aromatic N) is 3. The third kappa shape index (κ3) is 3.65. The van der Waals surface area contributed by atoms with Gasteiger partial charge in [-0.3, -0.25) is 10.1 Å². The summed E-state index contributed by atoms with van der Waals surface area (Å²) in [5.74, 6) is -1.08. The fourth-order valence-corrected chi connectivity index (χ4v) is 1.35. The molecule has 0 unspecified atom stereocenters. The molecule has 7 nitrogen and oxygen atoms in total. The Labute approximate surface area is 95.5 Å². The minimum Gasteiger partial charge on any atom is -0.480 e. The van der Waals surface area contributed by atoms with Gasteiger partial charge in [0.15, 0.2) is 0 Å². The number of urea groups is 1. The molecule has 0 bridgehead atoms. The lowest BCUT2D eigenvalue weighted by Gasteiger charge is -2.18. The second kappa shape index (κ2) is 5.81. The Kier molecular flexibility index (Phi) is 4.40. The molecule has 1 aromatic heterocycles. The van der Waals surface area contributed by atoms with E-state index < -0.39 is 12.0 Å². The second-order valence-corrected chi connectivity index (χ2v) is 3.56. The molecule has 0 radical (unpaired) electrons. The fourth-order valence-electron chi connectivity index (χ4n) is 0.945. The van der Waals surface area contributed by atoms with Crippen LogP contribution in [0.25, 0.3) is 0 Å². The largest absolute Gasteiger partial charge is 0.480 e. The molecule has 0 saturated heterocycles. The lowest BCUT2D eigenvalue weighted by Crippen LogP contribution is -2.38. The van der Waals surface area contributed by atoms with Crippen molar-refractivity contribution < 1.29 is 14.7 Å². The van der Waals surface area contributed by atoms with Crippen LogP contribution in [0.4, 0.5) is 9.80 Å². The number of carboxylic acid groups (broad SMARTS) is 1. The SMILES string of the molecule is C=CCN(CC(=O)O)C(=O)Nc1cnns1. The normalized spacial score (nSPS) is 9.50. The van der Waals surface area contributed by atoms with E-state index in [1.54, 1.807) is 0 Å². The van der Waals surface area contributed by atoms with Crippen LogP contribution in [-0.4, -0.2) is 44.7 Å². The minimum atomic E-state index is -1.08. The maximum absolute atomic E-state index is 11.6. The third-order valence-electron chi connectivity index (χ3n) is 1.55. The van der Waals surface area contributed by atoms with Crippen molar-refractivity contribution in [3.63, 3.8) is 0 Å². The number of carbonyl (C=O) groups excluding carboxylic acids is 1. The van der Waals surface area contributed by atoms with Gasteiger partial charge in [-0.1, -0.05) is 10.6 Å². The smallest absolute Gasteiger partial charge is 0.323 e. The van der Waals surface area contributed by atoms with E-state index in [4.69, 9.17) is 5.11 Å². The highest BCUT2D eigenvalue weighted by atomic mass is 32.1. The molecule has 16 heavy (non-hydrogen) atoms. The highest BCUT2D eigenvalue weighted by Crippen LogP contribution is 2.10. The number of aromatic nitrogens is 2. The molecule has 0 atom stereocenters. The van der Waals surface area contributed by atoms with Crippen LogP contribution in [0.15, 0.2) is 18.9 Å². The Morgan fingerprint density at radius 1 is 1.69 bits per heavy atom. The van der Waals surface area contributed by atoms with Crippen LogP contribution in [0.3, 0.4) is 0 Å². The summed E-state index contributed by atoms with van der Waals surface area (Å²) in [6, 6.07) is -0.520. The van der Waals surface area contributed by atoms with Crippen LogP contribution >= 0.6 is 11.5 Å². The number of rotatable bonds is 5. The molecule has 0 spiro atoms. The van der Waals surface area contributed by atoms with E-state index in [9.17, 15) is 9.59 Å². The first-order valence-electron chi connectivity index (χ1n) is 4.29. The van der Waals surface area contributed by atoms with Gasteiger partial charge in [0.1, 0.15) is 11.5 Å². The zero-order valence-electron chi connectivity index (χ0n) is 8.29. The summed E-state index contributed by atoms with van der Waals surface area (Å²) in [5, 5.41) is 15.1. The Morgan fingerprint density at radius 2 is 2.44 bits per heavy atom. The topological polar surface area (TPSA) is 95.4 Å². The van der Waals surface area contributed by atoms with Gasteiger partial charge in [-0.2, -0.15) is 0 Å². The van der Waals surface area contributed by atoms with Crippen molar-refractivity contribution in [2.24, 2.45) is 0 Å². The molecule has 2 N–H and O–H groups in total. The summed E-state index contributed by atoms with van der Waals surface area (Å²) < 4.78 is 3.56. The summed E-state index contributed by atoms with van der Waals surface area (Å²) in [5.41, 5.74) is 0. The van der Waals surface area contributed by atoms with E-state index in [1.165, 1.54) is 12.3 Å². The lowest BCUT2D eigenvalue weighted by molar-refractivity contribution is -0.137. The standard InChI is InChI=1S/C8H10N4O3S/c1-2-3-12(5-7(13)14)8(15)10-6-4-9-11-16-6/h2,4H,1,3,5H2,(H,10,15)(H,13,14). The Hall–Kier alpha value is -1.96. The first-order chi connectivity index (χ1) is 7.63. The number of anilines is 1. The minimum absolute atomic E-state index is 0.157. The number of carboxylic acids is 1. The molecule has 1 heterocycles. The molecule has 86 valence electrons. The van der Waals surface area contributed by atoms with Gasteiger partial charge in [-0.05, 0) is 0 Å². The zero-order valence-corrected chi connectivity index (χ0v) is 9.11. The van der Waals surface area contributed by atoms with Crippen molar-refractivity contribution in [2.75, 3.05) is 18.4 Å². The highest BCUT2D eigenvalue weighted by Gasteiger charge is 2.15. The van der Waals surface area contributed by atoms with Gasteiger partial charge in [0.2, 0.25) is 0 Å². The zero-order chi connectivity index (χ0) is 12.0. The lowest BCUT2D eigenvalue weighted by atomic mass is 10.5. The van der Waals surface area contributed by atoms with Gasteiger partial charge in [0.25, 0.3) is 0 Å². The molecule has 0 aliphatic heterocycles. The highest BCUT2D eigenvalue weighted by molar-refractivity contribution is 7.10. The number of hydrogen-bond donors (Lipinski definition) is 2. The molecule has 0 aromatic carbocycles. The number of amides is 2. The third-order valence-corrected chi connectivity index (χ3v) is 2.13. The summed E-state index contributed by atoms with van der Waals surface area (Å²) in [4.78, 5) is 23.2. The number of hydrogen-bond acceptors (Lipinski definition) is 5. The van der Waals surface area contributed by atoms with Crippen LogP contribution in [0, 0.1) is 0 Å². The number of carbonyl (C=O) groups is 2. The summed E-state index contributed by atoms with van der Waals surface area (Å²) >= 11 is 1.01. The average Bonchev–Trinajstić information content (AvgIpc) is 2.69. The monoisotopic (exact) mass is 242 g/mol. The van der Waals surface area contributed by atoms with Crippen molar-refractivity contribution in [3.8, 4) is 0 Å². The van der Waals surface area contributed by atoms with E-state index in [2.05, 4.69) is 21.5 Å². The van der Waals surface area contributed by atoms with E-state index >= 15 is 0 Å². The Morgan fingerprint density at radius 3 is 2.94 bits per heavy atom. The van der Waals surface area contributed by atoms with Gasteiger partial charge in [-0.25, -0.2) is 4.79 Å². The van der Waals surface area contributed by atoms with Crippen molar-refractivity contribution in [1.82, 2.24) is 14.5 Å². The van der Waals surface area contributed by atoms with E-state index in [0.717, 1.165) is 16.4 Å². The molecule has 0 fully saturated rings. The van der Waals surface area contributed by atoms with E-state index in [0.29, 0.717) is 5.00 Å². The molecular formula is C8H10N4O3S. The van der Waals surface area contributed by atoms with Crippen molar-refractivity contribution >= 4 is 28.5 Å². The van der Waals surface area contributed by atoms with Gasteiger partial charge in [-0.15, -0.1) is 11.7 Å². The molecule has 0 aliphatic carbocycles. The summed E-state index contributed by atoms with van der Waals surface area (Å²) in [7, 11) is 0. The fraction of sp³-hybridized carbons (Fsp3) is 0.250. The van der Waals surface area contributed by atoms with Gasteiger partial charge in [0, 0.05) is 18.1 Å². The van der Waals surface area contributed by atoms with Crippen LogP contribution in [0.2, 0.25) is 0 Å². The molecular weight excluding hydrogens is 232 g/mol. The van der Waals surface area contributed by atoms with Crippen LogP contribution in [0.5, 0.6) is 0 Å². The Balaban J connectivity index is 2.59. The molecule has 2 amide bonds. The van der Waals surface area contributed by atoms with E-state index in [1.807, 2.05) is 0 Å². The maximum Gasteiger partial charge on any atom is 0.323 e. The van der Waals surface area contributed by atoms with Crippen molar-refractivity contribution in [2.45, 2.75) is 0 Å². The van der Waals surface area contributed by atoms with Crippen LogP contribution in [0.1, 0.15) is 0 Å². The van der Waals surface area contributed by atoms with Crippen LogP contribution < -0.4 is 5.32 Å². The van der Waals surface area contributed by atoms with Gasteiger partial charge >= 0.3 is 12.0 Å². The first-order valence-corrected chi connectivity index (χ1v) is 5.06.